The molecule has 2 fully saturated rings. The number of imide groups is 1. The molecule has 0 spiro atoms. The molecule has 0 radical (unpaired) electrons. The van der Waals surface area contributed by atoms with Crippen LogP contribution >= 0.6 is 0 Å². The van der Waals surface area contributed by atoms with E-state index in [1.165, 1.54) is 10.5 Å². The lowest BCUT2D eigenvalue weighted by Gasteiger charge is -2.23. The van der Waals surface area contributed by atoms with Gasteiger partial charge in [0.2, 0.25) is 11.8 Å². The summed E-state index contributed by atoms with van der Waals surface area (Å²) in [4.78, 5) is 39.8. The zero-order valence-corrected chi connectivity index (χ0v) is 18.6. The molecule has 1 saturated heterocycles. The summed E-state index contributed by atoms with van der Waals surface area (Å²) >= 11 is 0. The first-order valence-electron chi connectivity index (χ1n) is 11.3. The molecule has 0 aromatic heterocycles. The molecule has 2 aromatic rings. The van der Waals surface area contributed by atoms with Gasteiger partial charge in [-0.25, -0.2) is 4.79 Å². The normalized spacial score (nSPS) is 26.0. The van der Waals surface area contributed by atoms with Gasteiger partial charge in [-0.15, -0.1) is 0 Å². The molecule has 164 valence electrons. The molecule has 2 aromatic carbocycles. The van der Waals surface area contributed by atoms with Gasteiger partial charge in [0, 0.05) is 0 Å². The Morgan fingerprint density at radius 2 is 1.50 bits per heavy atom. The first-order valence-corrected chi connectivity index (χ1v) is 11.3. The second-order valence-corrected chi connectivity index (χ2v) is 9.71. The Bertz CT molecular complexity index is 1080. The Kier molecular flexibility index (Phi) is 4.81. The van der Waals surface area contributed by atoms with E-state index >= 15 is 0 Å². The van der Waals surface area contributed by atoms with Crippen LogP contribution in [0.1, 0.15) is 49.5 Å². The van der Waals surface area contributed by atoms with Crippen molar-refractivity contribution in [1.29, 1.82) is 0 Å². The molecule has 2 aliphatic carbocycles. The number of carbonyl (C=O) groups is 3. The van der Waals surface area contributed by atoms with Gasteiger partial charge in [0.05, 0.1) is 23.1 Å². The first kappa shape index (κ1) is 20.7. The molecular formula is C27H27NO4. The Balaban J connectivity index is 1.29. The number of allylic oxidation sites excluding steroid dienone is 2. The summed E-state index contributed by atoms with van der Waals surface area (Å²) in [6.45, 7) is 6.51. The van der Waals surface area contributed by atoms with Gasteiger partial charge in [0.1, 0.15) is 5.75 Å². The molecule has 1 heterocycles. The number of anilines is 1. The van der Waals surface area contributed by atoms with Gasteiger partial charge in [-0.2, -0.15) is 0 Å². The number of esters is 1. The summed E-state index contributed by atoms with van der Waals surface area (Å²) in [6, 6.07) is 14.1. The third-order valence-corrected chi connectivity index (χ3v) is 7.56. The zero-order valence-electron chi connectivity index (χ0n) is 18.6. The predicted molar refractivity (Wildman–Crippen MR) is 121 cm³/mol. The van der Waals surface area contributed by atoms with Crippen molar-refractivity contribution < 1.29 is 19.1 Å². The van der Waals surface area contributed by atoms with Crippen LogP contribution in [0.15, 0.2) is 60.7 Å². The monoisotopic (exact) mass is 429 g/mol. The number of nitrogens with zero attached hydrogens (tertiary/aromatic N) is 1. The lowest BCUT2D eigenvalue weighted by Crippen LogP contribution is -2.32. The fourth-order valence-corrected chi connectivity index (χ4v) is 5.25. The van der Waals surface area contributed by atoms with Gasteiger partial charge in [-0.1, -0.05) is 45.1 Å². The summed E-state index contributed by atoms with van der Waals surface area (Å²) in [6.07, 6.45) is 6.08. The predicted octanol–water partition coefficient (Wildman–Crippen LogP) is 4.90. The minimum Gasteiger partial charge on any atom is -0.423 e. The fourth-order valence-electron chi connectivity index (χ4n) is 5.25. The Morgan fingerprint density at radius 3 is 2.03 bits per heavy atom. The molecule has 5 rings (SSSR count). The summed E-state index contributed by atoms with van der Waals surface area (Å²) in [5.74, 6) is -0.354. The summed E-state index contributed by atoms with van der Waals surface area (Å²) < 4.78 is 5.51. The third kappa shape index (κ3) is 3.19. The van der Waals surface area contributed by atoms with Crippen LogP contribution in [0.25, 0.3) is 0 Å². The number of ether oxygens (including phenoxy) is 1. The van der Waals surface area contributed by atoms with Gasteiger partial charge in [-0.05, 0) is 72.1 Å². The van der Waals surface area contributed by atoms with Crippen molar-refractivity contribution in [2.45, 2.75) is 39.0 Å². The van der Waals surface area contributed by atoms with E-state index in [-0.39, 0.29) is 40.9 Å². The highest BCUT2D eigenvalue weighted by Crippen LogP contribution is 2.53. The molecule has 5 heteroatoms. The average molecular weight is 430 g/mol. The molecule has 2 amide bonds. The van der Waals surface area contributed by atoms with Gasteiger partial charge in [0.25, 0.3) is 0 Å². The maximum Gasteiger partial charge on any atom is 0.343 e. The lowest BCUT2D eigenvalue weighted by atomic mass is 9.82. The van der Waals surface area contributed by atoms with Crippen LogP contribution in [-0.4, -0.2) is 17.8 Å². The van der Waals surface area contributed by atoms with Gasteiger partial charge in [0.15, 0.2) is 0 Å². The number of fused-ring (bicyclic) bond motifs is 5. The van der Waals surface area contributed by atoms with Crippen molar-refractivity contribution in [3.63, 3.8) is 0 Å². The van der Waals surface area contributed by atoms with E-state index in [0.29, 0.717) is 17.0 Å². The van der Waals surface area contributed by atoms with E-state index in [1.54, 1.807) is 24.3 Å². The van der Waals surface area contributed by atoms with Crippen molar-refractivity contribution in [2.24, 2.45) is 23.7 Å². The van der Waals surface area contributed by atoms with E-state index in [1.807, 2.05) is 24.3 Å². The number of benzene rings is 2. The number of hydrogen-bond donors (Lipinski definition) is 0. The highest BCUT2D eigenvalue weighted by Gasteiger charge is 2.59. The minimum atomic E-state index is -0.475. The largest absolute Gasteiger partial charge is 0.423 e. The zero-order chi connectivity index (χ0) is 22.6. The molecule has 4 atom stereocenters. The summed E-state index contributed by atoms with van der Waals surface area (Å²) in [5.41, 5.74) is 2.14. The van der Waals surface area contributed by atoms with Crippen molar-refractivity contribution in [3.8, 4) is 5.75 Å². The highest BCUT2D eigenvalue weighted by atomic mass is 16.5. The van der Waals surface area contributed by atoms with Crippen LogP contribution in [0.2, 0.25) is 0 Å². The van der Waals surface area contributed by atoms with E-state index < -0.39 is 5.97 Å². The van der Waals surface area contributed by atoms with Gasteiger partial charge >= 0.3 is 5.97 Å². The lowest BCUT2D eigenvalue weighted by molar-refractivity contribution is -0.123. The summed E-state index contributed by atoms with van der Waals surface area (Å²) in [5, 5.41) is 0. The smallest absolute Gasteiger partial charge is 0.343 e. The van der Waals surface area contributed by atoms with E-state index in [4.69, 9.17) is 4.74 Å². The Labute approximate surface area is 188 Å². The van der Waals surface area contributed by atoms with Crippen LogP contribution < -0.4 is 9.64 Å². The SMILES string of the molecule is CCC(C)(C)c1ccc(OC(=O)c2ccc(N3C(=O)[C@@H]4[C@H](C3=O)[C@H]3C=C[C@H]4C3)cc2)cc1. The molecule has 3 aliphatic rings. The van der Waals surface area contributed by atoms with E-state index in [9.17, 15) is 14.4 Å². The molecule has 0 N–H and O–H groups in total. The number of hydrogen-bond acceptors (Lipinski definition) is 4. The average Bonchev–Trinajstić information content (AvgIpc) is 3.48. The van der Waals surface area contributed by atoms with Crippen molar-refractivity contribution >= 4 is 23.5 Å². The number of rotatable bonds is 5. The van der Waals surface area contributed by atoms with Crippen LogP contribution in [0.5, 0.6) is 5.75 Å². The maximum absolute atomic E-state index is 12.9. The van der Waals surface area contributed by atoms with Crippen LogP contribution in [0.4, 0.5) is 5.69 Å². The number of carbonyl (C=O) groups excluding carboxylic acids is 3. The quantitative estimate of drug-likeness (QED) is 0.293. The molecule has 5 nitrogen and oxygen atoms in total. The van der Waals surface area contributed by atoms with Crippen molar-refractivity contribution in [3.05, 3.63) is 71.8 Å². The van der Waals surface area contributed by atoms with E-state index in [2.05, 4.69) is 32.9 Å². The van der Waals surface area contributed by atoms with Gasteiger partial charge in [-0.3, -0.25) is 14.5 Å². The molecule has 1 saturated carbocycles. The van der Waals surface area contributed by atoms with Crippen LogP contribution in [-0.2, 0) is 15.0 Å². The Hall–Kier alpha value is -3.21. The van der Waals surface area contributed by atoms with Crippen molar-refractivity contribution in [1.82, 2.24) is 0 Å². The number of amides is 2. The fraction of sp³-hybridized carbons (Fsp3) is 0.370. The topological polar surface area (TPSA) is 63.7 Å². The minimum absolute atomic E-state index is 0.0664. The molecule has 1 aliphatic heterocycles. The standard InChI is InChI=1S/C27H27NO4/c1-4-27(2,3)19-9-13-21(14-10-19)32-26(31)16-7-11-20(12-8-16)28-24(29)22-17-5-6-18(15-17)23(22)25(28)30/h5-14,17-18,22-23H,4,15H2,1-3H3/t17-,18-,22-,23+/m0/s1. The molecule has 0 unspecified atom stereocenters. The van der Waals surface area contributed by atoms with Gasteiger partial charge < -0.3 is 4.74 Å². The first-order chi connectivity index (χ1) is 15.3. The maximum atomic E-state index is 12.9. The Morgan fingerprint density at radius 1 is 0.938 bits per heavy atom. The van der Waals surface area contributed by atoms with Crippen LogP contribution in [0, 0.1) is 23.7 Å². The second-order valence-electron chi connectivity index (χ2n) is 9.71. The van der Waals surface area contributed by atoms with Crippen LogP contribution in [0.3, 0.4) is 0 Å². The molecule has 32 heavy (non-hydrogen) atoms. The second kappa shape index (κ2) is 7.44. The highest BCUT2D eigenvalue weighted by molar-refractivity contribution is 6.22. The molecule has 2 bridgehead atoms. The third-order valence-electron chi connectivity index (χ3n) is 7.56. The summed E-state index contributed by atoms with van der Waals surface area (Å²) in [7, 11) is 0. The molecular weight excluding hydrogens is 402 g/mol. The van der Waals surface area contributed by atoms with Crippen molar-refractivity contribution in [2.75, 3.05) is 4.90 Å². The van der Waals surface area contributed by atoms with E-state index in [0.717, 1.165) is 12.8 Å².